The van der Waals surface area contributed by atoms with Crippen molar-refractivity contribution in [3.8, 4) is 0 Å². The molecule has 1 rings (SSSR count). The Morgan fingerprint density at radius 1 is 1.67 bits per heavy atom. The Labute approximate surface area is 62.6 Å². The minimum absolute atomic E-state index is 0.167. The van der Waals surface area contributed by atoms with Crippen molar-refractivity contribution >= 4 is 21.7 Å². The maximum atomic E-state index is 10.7. The van der Waals surface area contributed by atoms with Gasteiger partial charge in [-0.05, 0) is 17.0 Å². The first-order chi connectivity index (χ1) is 4.20. The first-order valence-electron chi connectivity index (χ1n) is 2.76. The molecule has 0 fully saturated rings. The van der Waals surface area contributed by atoms with Gasteiger partial charge in [-0.2, -0.15) is 0 Å². The largest absolute Gasteiger partial charge is 0.295 e. The van der Waals surface area contributed by atoms with E-state index in [4.69, 9.17) is 0 Å². The van der Waals surface area contributed by atoms with Gasteiger partial charge in [0.2, 0.25) is 0 Å². The molecule has 1 aliphatic rings. The Hall–Kier alpha value is -0.370. The van der Waals surface area contributed by atoms with Crippen molar-refractivity contribution in [1.82, 2.24) is 0 Å². The van der Waals surface area contributed by atoms with Crippen molar-refractivity contribution in [3.63, 3.8) is 0 Å². The van der Waals surface area contributed by atoms with Crippen LogP contribution in [0.4, 0.5) is 0 Å². The molecule has 1 aliphatic carbocycles. The number of ketones is 1. The van der Waals surface area contributed by atoms with E-state index in [0.717, 1.165) is 16.5 Å². The molecule has 0 aromatic carbocycles. The van der Waals surface area contributed by atoms with Crippen molar-refractivity contribution in [2.75, 3.05) is 0 Å². The molecule has 0 atom stereocenters. The first kappa shape index (κ1) is 6.75. The summed E-state index contributed by atoms with van der Waals surface area (Å²) in [6.45, 7) is 1.59. The molecular weight excluding hydrogens is 180 g/mol. The highest BCUT2D eigenvalue weighted by molar-refractivity contribution is 9.11. The number of hydrogen-bond donors (Lipinski definition) is 0. The van der Waals surface area contributed by atoms with Gasteiger partial charge in [-0.3, -0.25) is 4.79 Å². The molecule has 0 radical (unpaired) electrons. The normalized spacial score (nSPS) is 17.1. The Morgan fingerprint density at radius 3 is 2.56 bits per heavy atom. The zero-order valence-electron chi connectivity index (χ0n) is 5.15. The van der Waals surface area contributed by atoms with Crippen LogP contribution < -0.4 is 0 Å². The van der Waals surface area contributed by atoms with E-state index in [1.54, 1.807) is 6.92 Å². The van der Waals surface area contributed by atoms with Crippen LogP contribution in [-0.2, 0) is 4.79 Å². The van der Waals surface area contributed by atoms with Crippen LogP contribution in [0.5, 0.6) is 0 Å². The zero-order chi connectivity index (χ0) is 6.85. The summed E-state index contributed by atoms with van der Waals surface area (Å²) >= 11 is 3.30. The molecule has 0 bridgehead atoms. The molecule has 9 heavy (non-hydrogen) atoms. The summed E-state index contributed by atoms with van der Waals surface area (Å²) < 4.78 is 1.09. The minimum atomic E-state index is 0.167. The zero-order valence-corrected chi connectivity index (χ0v) is 6.73. The Morgan fingerprint density at radius 2 is 2.33 bits per heavy atom. The first-order valence-corrected chi connectivity index (χ1v) is 3.55. The van der Waals surface area contributed by atoms with E-state index in [0.29, 0.717) is 0 Å². The van der Waals surface area contributed by atoms with E-state index in [2.05, 4.69) is 15.9 Å². The Balaban J connectivity index is 2.64. The number of rotatable bonds is 1. The molecule has 0 unspecified atom stereocenters. The quantitative estimate of drug-likeness (QED) is 0.614. The lowest BCUT2D eigenvalue weighted by Gasteiger charge is -1.91. The molecular formula is C7H7BrO. The van der Waals surface area contributed by atoms with Crippen LogP contribution in [0, 0.1) is 0 Å². The van der Waals surface area contributed by atoms with Crippen molar-refractivity contribution in [2.24, 2.45) is 0 Å². The predicted molar refractivity (Wildman–Crippen MR) is 40.4 cm³/mol. The van der Waals surface area contributed by atoms with Gasteiger partial charge in [0.15, 0.2) is 5.78 Å². The van der Waals surface area contributed by atoms with Crippen LogP contribution >= 0.6 is 15.9 Å². The van der Waals surface area contributed by atoms with Crippen molar-refractivity contribution < 1.29 is 4.79 Å². The molecule has 0 heterocycles. The average Bonchev–Trinajstić information content (AvgIpc) is 2.14. The van der Waals surface area contributed by atoms with Gasteiger partial charge in [0, 0.05) is 6.42 Å². The van der Waals surface area contributed by atoms with E-state index >= 15 is 0 Å². The summed E-state index contributed by atoms with van der Waals surface area (Å²) in [5.74, 6) is 0.167. The number of Topliss-reactive ketones (excluding diaryl/α,β-unsaturated/α-hetero) is 1. The third kappa shape index (κ3) is 1.52. The number of carbonyl (C=O) groups excluding carboxylic acids is 1. The number of hydrogen-bond acceptors (Lipinski definition) is 1. The fraction of sp³-hybridized carbons (Fsp3) is 0.286. The maximum absolute atomic E-state index is 10.7. The van der Waals surface area contributed by atoms with Gasteiger partial charge in [-0.15, -0.1) is 0 Å². The molecule has 0 saturated carbocycles. The minimum Gasteiger partial charge on any atom is -0.295 e. The lowest BCUT2D eigenvalue weighted by Crippen LogP contribution is -1.92. The van der Waals surface area contributed by atoms with E-state index < -0.39 is 0 Å². The molecule has 48 valence electrons. The predicted octanol–water partition coefficient (Wildman–Crippen LogP) is 2.18. The molecule has 0 spiro atoms. The summed E-state index contributed by atoms with van der Waals surface area (Å²) in [5, 5.41) is 0. The van der Waals surface area contributed by atoms with E-state index in [-0.39, 0.29) is 5.78 Å². The SMILES string of the molecule is CC(=O)C1=CC=C(Br)C1. The van der Waals surface area contributed by atoms with Gasteiger partial charge in [0.25, 0.3) is 0 Å². The standard InChI is InChI=1S/C7H7BrO/c1-5(9)6-2-3-7(8)4-6/h2-3H,4H2,1H3. The van der Waals surface area contributed by atoms with Crippen LogP contribution in [0.2, 0.25) is 0 Å². The van der Waals surface area contributed by atoms with Crippen molar-refractivity contribution in [2.45, 2.75) is 13.3 Å². The van der Waals surface area contributed by atoms with Gasteiger partial charge >= 0.3 is 0 Å². The fourth-order valence-electron chi connectivity index (χ4n) is 0.733. The fourth-order valence-corrected chi connectivity index (χ4v) is 1.17. The van der Waals surface area contributed by atoms with E-state index in [9.17, 15) is 4.79 Å². The van der Waals surface area contributed by atoms with Crippen LogP contribution in [0.15, 0.2) is 22.2 Å². The molecule has 1 nitrogen and oxygen atoms in total. The highest BCUT2D eigenvalue weighted by Crippen LogP contribution is 2.23. The second-order valence-electron chi connectivity index (χ2n) is 2.04. The maximum Gasteiger partial charge on any atom is 0.156 e. The van der Waals surface area contributed by atoms with Crippen LogP contribution in [0.25, 0.3) is 0 Å². The monoisotopic (exact) mass is 186 g/mol. The summed E-state index contributed by atoms with van der Waals surface area (Å²) in [6.07, 6.45) is 4.54. The lowest BCUT2D eigenvalue weighted by atomic mass is 10.2. The summed E-state index contributed by atoms with van der Waals surface area (Å²) in [5.41, 5.74) is 0.891. The van der Waals surface area contributed by atoms with Crippen LogP contribution in [-0.4, -0.2) is 5.78 Å². The molecule has 0 amide bonds. The number of halogens is 1. The Kier molecular flexibility index (Phi) is 1.86. The van der Waals surface area contributed by atoms with Crippen LogP contribution in [0.1, 0.15) is 13.3 Å². The molecule has 0 N–H and O–H groups in total. The van der Waals surface area contributed by atoms with Gasteiger partial charge in [0.1, 0.15) is 0 Å². The number of carbonyl (C=O) groups is 1. The van der Waals surface area contributed by atoms with Crippen LogP contribution in [0.3, 0.4) is 0 Å². The van der Waals surface area contributed by atoms with E-state index in [1.807, 2.05) is 12.2 Å². The highest BCUT2D eigenvalue weighted by Gasteiger charge is 2.08. The van der Waals surface area contributed by atoms with Crippen molar-refractivity contribution in [1.29, 1.82) is 0 Å². The topological polar surface area (TPSA) is 17.1 Å². The lowest BCUT2D eigenvalue weighted by molar-refractivity contribution is -0.113. The Bertz CT molecular complexity index is 201. The summed E-state index contributed by atoms with van der Waals surface area (Å²) in [6, 6.07) is 0. The summed E-state index contributed by atoms with van der Waals surface area (Å²) in [4.78, 5) is 10.7. The van der Waals surface area contributed by atoms with Gasteiger partial charge in [0.05, 0.1) is 0 Å². The third-order valence-corrected chi connectivity index (χ3v) is 1.82. The smallest absolute Gasteiger partial charge is 0.156 e. The van der Waals surface area contributed by atoms with Gasteiger partial charge in [-0.1, -0.05) is 28.1 Å². The highest BCUT2D eigenvalue weighted by atomic mass is 79.9. The number of allylic oxidation sites excluding steroid dienone is 4. The van der Waals surface area contributed by atoms with Gasteiger partial charge in [-0.25, -0.2) is 0 Å². The van der Waals surface area contributed by atoms with Crippen molar-refractivity contribution in [3.05, 3.63) is 22.2 Å². The third-order valence-electron chi connectivity index (χ3n) is 1.28. The molecule has 0 saturated heterocycles. The molecule has 0 aromatic heterocycles. The second-order valence-corrected chi connectivity index (χ2v) is 3.06. The van der Waals surface area contributed by atoms with E-state index in [1.165, 1.54) is 0 Å². The average molecular weight is 187 g/mol. The summed E-state index contributed by atoms with van der Waals surface area (Å²) in [7, 11) is 0. The molecule has 2 heteroatoms. The molecule has 0 aliphatic heterocycles. The van der Waals surface area contributed by atoms with Gasteiger partial charge < -0.3 is 0 Å². The molecule has 0 aromatic rings. The second kappa shape index (κ2) is 2.48.